The van der Waals surface area contributed by atoms with Crippen molar-refractivity contribution in [3.8, 4) is 11.1 Å². The van der Waals surface area contributed by atoms with Gasteiger partial charge in [-0.15, -0.1) is 0 Å². The topological polar surface area (TPSA) is 26.0 Å². The normalized spacial score (nSPS) is 10.7. The molecule has 0 fully saturated rings. The summed E-state index contributed by atoms with van der Waals surface area (Å²) in [5.41, 5.74) is 5.84. The second-order valence-corrected chi connectivity index (χ2v) is 3.73. The predicted molar refractivity (Wildman–Crippen MR) is 59.6 cm³/mol. The van der Waals surface area contributed by atoms with E-state index >= 15 is 0 Å². The third-order valence-electron chi connectivity index (χ3n) is 2.61. The van der Waals surface area contributed by atoms with Gasteiger partial charge in [0.2, 0.25) is 0 Å². The Balaban J connectivity index is 2.66. The smallest absolute Gasteiger partial charge is 0.195 e. The lowest BCUT2D eigenvalue weighted by molar-refractivity contribution is 0.449. The molecule has 0 radical (unpaired) electrons. The molecule has 0 atom stereocenters. The van der Waals surface area contributed by atoms with E-state index in [1.54, 1.807) is 0 Å². The Morgan fingerprint density at radius 1 is 0.833 bits per heavy atom. The van der Waals surface area contributed by atoms with Crippen molar-refractivity contribution in [1.29, 1.82) is 0 Å². The molecule has 0 saturated carbocycles. The second kappa shape index (κ2) is 4.78. The van der Waals surface area contributed by atoms with Gasteiger partial charge in [-0.2, -0.15) is 0 Å². The summed E-state index contributed by atoms with van der Waals surface area (Å²) in [7, 11) is 0. The minimum atomic E-state index is -1.56. The number of hydrogen-bond acceptors (Lipinski definition) is 1. The van der Waals surface area contributed by atoms with E-state index in [1.807, 2.05) is 0 Å². The van der Waals surface area contributed by atoms with Crippen molar-refractivity contribution in [2.24, 2.45) is 5.73 Å². The number of benzene rings is 2. The maximum absolute atomic E-state index is 13.6. The van der Waals surface area contributed by atoms with Crippen LogP contribution in [0.1, 0.15) is 5.56 Å². The summed E-state index contributed by atoms with van der Waals surface area (Å²) < 4.78 is 52.6. The molecule has 0 aliphatic carbocycles. The minimum absolute atomic E-state index is 0.0362. The van der Waals surface area contributed by atoms with Crippen molar-refractivity contribution in [2.45, 2.75) is 6.54 Å². The number of rotatable bonds is 2. The average Bonchev–Trinajstić information content (AvgIpc) is 2.37. The zero-order chi connectivity index (χ0) is 13.3. The molecule has 18 heavy (non-hydrogen) atoms. The molecule has 0 bridgehead atoms. The quantitative estimate of drug-likeness (QED) is 0.646. The Bertz CT molecular complexity index is 596. The lowest BCUT2D eigenvalue weighted by Gasteiger charge is -2.10. The molecule has 0 aliphatic rings. The number of nitrogens with two attached hydrogens (primary N) is 1. The van der Waals surface area contributed by atoms with E-state index in [4.69, 9.17) is 5.73 Å². The average molecular weight is 255 g/mol. The molecule has 0 aromatic heterocycles. The van der Waals surface area contributed by atoms with Crippen molar-refractivity contribution in [3.05, 3.63) is 59.2 Å². The summed E-state index contributed by atoms with van der Waals surface area (Å²) in [5, 5.41) is 0. The molecule has 2 N–H and O–H groups in total. The van der Waals surface area contributed by atoms with Gasteiger partial charge in [-0.25, -0.2) is 17.6 Å². The highest BCUT2D eigenvalue weighted by atomic mass is 19.2. The molecule has 2 rings (SSSR count). The van der Waals surface area contributed by atoms with Crippen LogP contribution in [-0.2, 0) is 6.54 Å². The zero-order valence-corrected chi connectivity index (χ0v) is 9.18. The monoisotopic (exact) mass is 255 g/mol. The predicted octanol–water partition coefficient (Wildman–Crippen LogP) is 3.37. The van der Waals surface area contributed by atoms with E-state index in [0.29, 0.717) is 5.56 Å². The van der Waals surface area contributed by atoms with Gasteiger partial charge in [-0.3, -0.25) is 0 Å². The van der Waals surface area contributed by atoms with E-state index in [9.17, 15) is 17.6 Å². The Kier molecular flexibility index (Phi) is 3.34. The first kappa shape index (κ1) is 12.6. The molecule has 2 aromatic rings. The van der Waals surface area contributed by atoms with Crippen molar-refractivity contribution in [1.82, 2.24) is 0 Å². The summed E-state index contributed by atoms with van der Waals surface area (Å²) in [6.45, 7) is -0.0362. The van der Waals surface area contributed by atoms with Crippen molar-refractivity contribution >= 4 is 0 Å². The first-order valence-corrected chi connectivity index (χ1v) is 5.17. The van der Waals surface area contributed by atoms with E-state index in [0.717, 1.165) is 24.3 Å². The molecule has 0 unspecified atom stereocenters. The van der Waals surface area contributed by atoms with E-state index in [-0.39, 0.29) is 17.7 Å². The molecule has 0 amide bonds. The summed E-state index contributed by atoms with van der Waals surface area (Å²) in [5.74, 6) is -4.66. The van der Waals surface area contributed by atoms with Gasteiger partial charge in [0.1, 0.15) is 5.82 Å². The van der Waals surface area contributed by atoms with Crippen LogP contribution in [0, 0.1) is 23.3 Å². The number of halogens is 4. The fourth-order valence-corrected chi connectivity index (χ4v) is 1.73. The summed E-state index contributed by atoms with van der Waals surface area (Å²) >= 11 is 0. The van der Waals surface area contributed by atoms with Crippen LogP contribution in [-0.4, -0.2) is 0 Å². The van der Waals surface area contributed by atoms with Crippen LogP contribution in [0.15, 0.2) is 30.3 Å². The van der Waals surface area contributed by atoms with Gasteiger partial charge in [0, 0.05) is 12.1 Å². The van der Waals surface area contributed by atoms with Crippen LogP contribution in [0.5, 0.6) is 0 Å². The molecule has 94 valence electrons. The maximum Gasteiger partial charge on any atom is 0.195 e. The fourth-order valence-electron chi connectivity index (χ4n) is 1.73. The molecule has 0 aliphatic heterocycles. The second-order valence-electron chi connectivity index (χ2n) is 3.73. The lowest BCUT2D eigenvalue weighted by atomic mass is 9.99. The van der Waals surface area contributed by atoms with Gasteiger partial charge in [0.15, 0.2) is 17.5 Å². The third kappa shape index (κ3) is 2.09. The minimum Gasteiger partial charge on any atom is -0.326 e. The van der Waals surface area contributed by atoms with Crippen LogP contribution >= 0.6 is 0 Å². The summed E-state index contributed by atoms with van der Waals surface area (Å²) in [4.78, 5) is 0. The van der Waals surface area contributed by atoms with Crippen LogP contribution in [0.3, 0.4) is 0 Å². The highest BCUT2D eigenvalue weighted by molar-refractivity contribution is 5.68. The van der Waals surface area contributed by atoms with E-state index in [1.165, 1.54) is 6.07 Å². The van der Waals surface area contributed by atoms with Crippen molar-refractivity contribution in [2.75, 3.05) is 0 Å². The Morgan fingerprint density at radius 2 is 1.50 bits per heavy atom. The Hall–Kier alpha value is -1.88. The summed E-state index contributed by atoms with van der Waals surface area (Å²) in [6.07, 6.45) is 0. The van der Waals surface area contributed by atoms with Gasteiger partial charge in [0.25, 0.3) is 0 Å². The van der Waals surface area contributed by atoms with Crippen molar-refractivity contribution in [3.63, 3.8) is 0 Å². The van der Waals surface area contributed by atoms with Gasteiger partial charge >= 0.3 is 0 Å². The molecular weight excluding hydrogens is 246 g/mol. The maximum atomic E-state index is 13.6. The van der Waals surface area contributed by atoms with Crippen LogP contribution in [0.2, 0.25) is 0 Å². The highest BCUT2D eigenvalue weighted by Crippen LogP contribution is 2.29. The van der Waals surface area contributed by atoms with Crippen molar-refractivity contribution < 1.29 is 17.6 Å². The molecule has 2 aromatic carbocycles. The van der Waals surface area contributed by atoms with E-state index in [2.05, 4.69) is 0 Å². The van der Waals surface area contributed by atoms with Crippen LogP contribution in [0.25, 0.3) is 11.1 Å². The van der Waals surface area contributed by atoms with Gasteiger partial charge in [0.05, 0.1) is 0 Å². The Morgan fingerprint density at radius 3 is 2.17 bits per heavy atom. The van der Waals surface area contributed by atoms with Gasteiger partial charge < -0.3 is 5.73 Å². The first-order chi connectivity index (χ1) is 8.54. The SMILES string of the molecule is NCc1cc(F)ccc1-c1ccc(F)c(F)c1F. The fraction of sp³-hybridized carbons (Fsp3) is 0.0769. The van der Waals surface area contributed by atoms with Crippen LogP contribution in [0.4, 0.5) is 17.6 Å². The van der Waals surface area contributed by atoms with Gasteiger partial charge in [-0.1, -0.05) is 6.07 Å². The van der Waals surface area contributed by atoms with Gasteiger partial charge in [-0.05, 0) is 35.4 Å². The molecule has 0 saturated heterocycles. The molecule has 1 nitrogen and oxygen atoms in total. The highest BCUT2D eigenvalue weighted by Gasteiger charge is 2.16. The van der Waals surface area contributed by atoms with E-state index < -0.39 is 23.3 Å². The number of hydrogen-bond donors (Lipinski definition) is 1. The zero-order valence-electron chi connectivity index (χ0n) is 9.18. The Labute approximate surface area is 101 Å². The standard InChI is InChI=1S/C13H9F4N/c14-8-1-2-9(7(5-8)6-18)10-3-4-11(15)13(17)12(10)16/h1-5H,6,18H2. The first-order valence-electron chi connectivity index (χ1n) is 5.17. The third-order valence-corrected chi connectivity index (χ3v) is 2.61. The summed E-state index contributed by atoms with van der Waals surface area (Å²) in [6, 6.07) is 5.44. The van der Waals surface area contributed by atoms with Crippen LogP contribution < -0.4 is 5.73 Å². The molecule has 0 heterocycles. The lowest BCUT2D eigenvalue weighted by Crippen LogP contribution is -2.02. The molecule has 5 heteroatoms. The largest absolute Gasteiger partial charge is 0.326 e. The molecule has 0 spiro atoms. The molecular formula is C13H9F4N.